The summed E-state index contributed by atoms with van der Waals surface area (Å²) in [6.45, 7) is 0. The van der Waals surface area contributed by atoms with Crippen LogP contribution in [-0.4, -0.2) is 18.2 Å². The van der Waals surface area contributed by atoms with Crippen LogP contribution in [0, 0.1) is 0 Å². The molecular formula is C11H7Cl2F3N2O3S. The van der Waals surface area contributed by atoms with Crippen molar-refractivity contribution >= 4 is 33.3 Å². The van der Waals surface area contributed by atoms with Gasteiger partial charge in [0.15, 0.2) is 0 Å². The number of hydrogen-bond acceptors (Lipinski definition) is 4. The number of halogens is 5. The normalized spacial score (nSPS) is 12.5. The van der Waals surface area contributed by atoms with Crippen molar-refractivity contribution < 1.29 is 25.8 Å². The molecule has 0 spiro atoms. The lowest BCUT2D eigenvalue weighted by Crippen LogP contribution is -2.11. The van der Waals surface area contributed by atoms with Crippen LogP contribution in [0.25, 0.3) is 0 Å². The summed E-state index contributed by atoms with van der Waals surface area (Å²) in [5, 5.41) is 3.33. The molecule has 0 aliphatic rings. The number of alkyl halides is 3. The Morgan fingerprint density at radius 1 is 1.23 bits per heavy atom. The Balaban J connectivity index is 2.37. The van der Waals surface area contributed by atoms with Gasteiger partial charge in [-0.25, -0.2) is 0 Å². The standard InChI is InChI=1S/C11H7Cl2F3N2O3S/c1-18-9(11(14,15)16)5-10(17-18)21-22(19,20)8-3-2-6(12)4-7(8)13/h2-5H,1H3. The fraction of sp³-hybridized carbons (Fsp3) is 0.182. The average molecular weight is 375 g/mol. The van der Waals surface area contributed by atoms with E-state index in [2.05, 4.69) is 9.28 Å². The number of aryl methyl sites for hydroxylation is 1. The molecule has 0 aliphatic carbocycles. The molecule has 0 aliphatic heterocycles. The van der Waals surface area contributed by atoms with E-state index in [1.165, 1.54) is 12.1 Å². The summed E-state index contributed by atoms with van der Waals surface area (Å²) in [7, 11) is -3.43. The zero-order valence-corrected chi connectivity index (χ0v) is 13.1. The van der Waals surface area contributed by atoms with E-state index in [0.717, 1.165) is 13.1 Å². The minimum atomic E-state index is -4.69. The molecule has 1 aromatic heterocycles. The Morgan fingerprint density at radius 2 is 1.86 bits per heavy atom. The van der Waals surface area contributed by atoms with E-state index >= 15 is 0 Å². The fourth-order valence-corrected chi connectivity index (χ4v) is 3.20. The number of aromatic nitrogens is 2. The van der Waals surface area contributed by atoms with Crippen molar-refractivity contribution in [3.63, 3.8) is 0 Å². The molecule has 11 heteroatoms. The van der Waals surface area contributed by atoms with Gasteiger partial charge in [0.2, 0.25) is 0 Å². The number of nitrogens with zero attached hydrogens (tertiary/aromatic N) is 2. The van der Waals surface area contributed by atoms with Crippen molar-refractivity contribution in [1.82, 2.24) is 9.78 Å². The molecule has 0 atom stereocenters. The molecule has 120 valence electrons. The number of benzene rings is 1. The lowest BCUT2D eigenvalue weighted by molar-refractivity contribution is -0.143. The van der Waals surface area contributed by atoms with Gasteiger partial charge in [0, 0.05) is 18.1 Å². The summed E-state index contributed by atoms with van der Waals surface area (Å²) >= 11 is 11.4. The smallest absolute Gasteiger partial charge is 0.356 e. The predicted molar refractivity (Wildman–Crippen MR) is 72.5 cm³/mol. The third-order valence-electron chi connectivity index (χ3n) is 2.51. The van der Waals surface area contributed by atoms with Crippen LogP contribution in [0.4, 0.5) is 13.2 Å². The van der Waals surface area contributed by atoms with Crippen molar-refractivity contribution in [3.05, 3.63) is 40.0 Å². The highest BCUT2D eigenvalue weighted by atomic mass is 35.5. The maximum Gasteiger partial charge on any atom is 0.433 e. The third kappa shape index (κ3) is 3.47. The topological polar surface area (TPSA) is 61.2 Å². The van der Waals surface area contributed by atoms with Gasteiger partial charge >= 0.3 is 16.3 Å². The molecule has 0 radical (unpaired) electrons. The monoisotopic (exact) mass is 374 g/mol. The van der Waals surface area contributed by atoms with Gasteiger partial charge < -0.3 is 4.18 Å². The van der Waals surface area contributed by atoms with Crippen molar-refractivity contribution in [2.24, 2.45) is 7.05 Å². The van der Waals surface area contributed by atoms with Gasteiger partial charge in [-0.05, 0) is 18.2 Å². The molecule has 22 heavy (non-hydrogen) atoms. The summed E-state index contributed by atoms with van der Waals surface area (Å²) in [6.07, 6.45) is -4.69. The molecule has 1 aromatic carbocycles. The molecule has 2 aromatic rings. The van der Waals surface area contributed by atoms with Crippen molar-refractivity contribution in [2.45, 2.75) is 11.1 Å². The Hall–Kier alpha value is -1.45. The van der Waals surface area contributed by atoms with E-state index in [4.69, 9.17) is 23.2 Å². The van der Waals surface area contributed by atoms with Crippen LogP contribution in [0.5, 0.6) is 5.88 Å². The molecule has 0 unspecified atom stereocenters. The maximum atomic E-state index is 12.6. The lowest BCUT2D eigenvalue weighted by atomic mass is 10.4. The molecular weight excluding hydrogens is 368 g/mol. The van der Waals surface area contributed by atoms with Gasteiger partial charge in [-0.3, -0.25) is 4.68 Å². The van der Waals surface area contributed by atoms with Crippen LogP contribution in [-0.2, 0) is 23.3 Å². The van der Waals surface area contributed by atoms with Crippen LogP contribution < -0.4 is 4.18 Å². The fourth-order valence-electron chi connectivity index (χ4n) is 1.58. The summed E-state index contributed by atoms with van der Waals surface area (Å²) < 4.78 is 67.0. The van der Waals surface area contributed by atoms with Gasteiger partial charge in [0.1, 0.15) is 10.6 Å². The van der Waals surface area contributed by atoms with E-state index in [1.807, 2.05) is 0 Å². The van der Waals surface area contributed by atoms with Crippen molar-refractivity contribution in [3.8, 4) is 5.88 Å². The molecule has 2 rings (SSSR count). The quantitative estimate of drug-likeness (QED) is 0.771. The minimum absolute atomic E-state index is 0.196. The second-order valence-electron chi connectivity index (χ2n) is 4.10. The van der Waals surface area contributed by atoms with Crippen molar-refractivity contribution in [2.75, 3.05) is 0 Å². The Labute approximate surface area is 133 Å². The van der Waals surface area contributed by atoms with Gasteiger partial charge in [-0.1, -0.05) is 23.2 Å². The maximum absolute atomic E-state index is 12.6. The van der Waals surface area contributed by atoms with Crippen LogP contribution in [0.1, 0.15) is 5.69 Å². The lowest BCUT2D eigenvalue weighted by Gasteiger charge is -2.06. The summed E-state index contributed by atoms with van der Waals surface area (Å²) in [5.41, 5.74) is -1.15. The Kier molecular flexibility index (Phi) is 4.33. The Morgan fingerprint density at radius 3 is 2.36 bits per heavy atom. The molecule has 0 saturated carbocycles. The number of hydrogen-bond donors (Lipinski definition) is 0. The molecule has 0 bridgehead atoms. The molecule has 0 amide bonds. The molecule has 0 saturated heterocycles. The Bertz CT molecular complexity index is 818. The first-order valence-corrected chi connectivity index (χ1v) is 7.68. The highest BCUT2D eigenvalue weighted by Gasteiger charge is 2.36. The number of rotatable bonds is 3. The molecule has 0 N–H and O–H groups in total. The molecule has 5 nitrogen and oxygen atoms in total. The van der Waals surface area contributed by atoms with Gasteiger partial charge in [0.25, 0.3) is 5.88 Å². The van der Waals surface area contributed by atoms with E-state index < -0.39 is 32.8 Å². The van der Waals surface area contributed by atoms with Gasteiger partial charge in [0.05, 0.1) is 5.02 Å². The summed E-state index contributed by atoms with van der Waals surface area (Å²) in [6, 6.07) is 3.97. The van der Waals surface area contributed by atoms with Crippen LogP contribution >= 0.6 is 23.2 Å². The summed E-state index contributed by atoms with van der Waals surface area (Å²) in [5.74, 6) is -0.721. The van der Waals surface area contributed by atoms with E-state index in [-0.39, 0.29) is 10.0 Å². The largest absolute Gasteiger partial charge is 0.433 e. The van der Waals surface area contributed by atoms with Crippen LogP contribution in [0.2, 0.25) is 10.0 Å². The SMILES string of the molecule is Cn1nc(OS(=O)(=O)c2ccc(Cl)cc2Cl)cc1C(F)(F)F. The van der Waals surface area contributed by atoms with E-state index in [9.17, 15) is 21.6 Å². The molecule has 1 heterocycles. The second kappa shape index (κ2) is 5.64. The first-order valence-electron chi connectivity index (χ1n) is 5.51. The first kappa shape index (κ1) is 16.9. The van der Waals surface area contributed by atoms with Crippen LogP contribution in [0.15, 0.2) is 29.2 Å². The average Bonchev–Trinajstić information content (AvgIpc) is 2.68. The van der Waals surface area contributed by atoms with Gasteiger partial charge in [-0.15, -0.1) is 5.10 Å². The van der Waals surface area contributed by atoms with Gasteiger partial charge in [-0.2, -0.15) is 21.6 Å². The first-order chi connectivity index (χ1) is 10.0. The highest BCUT2D eigenvalue weighted by molar-refractivity contribution is 7.87. The predicted octanol–water partition coefficient (Wildman–Crippen LogP) is 3.51. The van der Waals surface area contributed by atoms with E-state index in [0.29, 0.717) is 10.7 Å². The van der Waals surface area contributed by atoms with Crippen molar-refractivity contribution in [1.29, 1.82) is 0 Å². The van der Waals surface area contributed by atoms with Crippen LogP contribution in [0.3, 0.4) is 0 Å². The zero-order chi connectivity index (χ0) is 16.7. The summed E-state index contributed by atoms with van der Waals surface area (Å²) in [4.78, 5) is -0.433. The highest BCUT2D eigenvalue weighted by Crippen LogP contribution is 2.32. The zero-order valence-electron chi connectivity index (χ0n) is 10.7. The molecule has 0 fully saturated rings. The third-order valence-corrected chi connectivity index (χ3v) is 4.45. The van der Waals surface area contributed by atoms with E-state index in [1.54, 1.807) is 0 Å². The minimum Gasteiger partial charge on any atom is -0.356 e. The second-order valence-corrected chi connectivity index (χ2v) is 6.46.